The molecule has 1 rings (SSSR count). The number of carbonyl (C=O) groups is 4. The lowest BCUT2D eigenvalue weighted by molar-refractivity contribution is -0.138. The molecule has 4 amide bonds. The predicted molar refractivity (Wildman–Crippen MR) is 144 cm³/mol. The first kappa shape index (κ1) is 32.4. The number of thioether (sulfide) groups is 1. The highest BCUT2D eigenvalue weighted by atomic mass is 32.2. The molecule has 2 unspecified atom stereocenters. The minimum atomic E-state index is -0.735. The highest BCUT2D eigenvalue weighted by Gasteiger charge is 2.39. The second-order valence-electron chi connectivity index (χ2n) is 11.3. The van der Waals surface area contributed by atoms with Gasteiger partial charge in [-0.1, -0.05) is 40.5 Å². The van der Waals surface area contributed by atoms with Crippen LogP contribution in [-0.4, -0.2) is 77.4 Å². The van der Waals surface area contributed by atoms with Gasteiger partial charge in [-0.05, 0) is 38.5 Å². The first-order valence-electron chi connectivity index (χ1n) is 13.2. The molecule has 0 aliphatic carbocycles. The number of unbranched alkanes of at least 4 members (excludes halogenated alkanes) is 2. The van der Waals surface area contributed by atoms with Crippen LogP contribution in [0.1, 0.15) is 86.5 Å². The van der Waals surface area contributed by atoms with Gasteiger partial charge in [-0.25, -0.2) is 0 Å². The van der Waals surface area contributed by atoms with Crippen molar-refractivity contribution in [3.05, 3.63) is 0 Å². The van der Waals surface area contributed by atoms with Crippen molar-refractivity contribution in [2.24, 2.45) is 11.1 Å². The molecule has 1 fully saturated rings. The quantitative estimate of drug-likeness (QED) is 0.195. The van der Waals surface area contributed by atoms with E-state index in [2.05, 4.69) is 38.3 Å². The Morgan fingerprint density at radius 2 is 1.81 bits per heavy atom. The van der Waals surface area contributed by atoms with Crippen LogP contribution in [0.15, 0.2) is 0 Å². The molecule has 1 aliphatic heterocycles. The number of hydrogen-bond donors (Lipinski definition) is 3. The second kappa shape index (κ2) is 15.6. The lowest BCUT2D eigenvalue weighted by Gasteiger charge is -2.28. The van der Waals surface area contributed by atoms with E-state index in [9.17, 15) is 19.2 Å². The zero-order valence-electron chi connectivity index (χ0n) is 23.1. The Balaban J connectivity index is 2.32. The SMILES string of the molecule is CCCCCNC(=O)C(N)CSC1CC(=O)N(CCC(=O)NCCC(C)(C)OCCC(C)(C)C)C1=O. The Morgan fingerprint density at radius 3 is 2.44 bits per heavy atom. The standard InChI is InChI=1S/C26H48N4O5S/c1-7-8-9-13-29-23(33)19(27)18-36-20-17-22(32)30(24(20)34)15-10-21(31)28-14-11-26(5,6)35-16-12-25(2,3)4/h19-20H,7-18,27H2,1-6H3,(H,28,31)(H,29,33). The van der Waals surface area contributed by atoms with Gasteiger partial charge in [-0.3, -0.25) is 24.1 Å². The van der Waals surface area contributed by atoms with Gasteiger partial charge in [0, 0.05) is 44.8 Å². The molecule has 9 nitrogen and oxygen atoms in total. The molecular weight excluding hydrogens is 480 g/mol. The van der Waals surface area contributed by atoms with Crippen molar-refractivity contribution >= 4 is 35.4 Å². The number of imide groups is 1. The molecule has 36 heavy (non-hydrogen) atoms. The fraction of sp³-hybridized carbons (Fsp3) is 0.846. The van der Waals surface area contributed by atoms with E-state index < -0.39 is 11.3 Å². The Kier molecular flexibility index (Phi) is 14.0. The van der Waals surface area contributed by atoms with Crippen LogP contribution < -0.4 is 16.4 Å². The van der Waals surface area contributed by atoms with Gasteiger partial charge in [0.2, 0.25) is 23.6 Å². The van der Waals surface area contributed by atoms with E-state index in [0.29, 0.717) is 26.1 Å². The molecule has 0 saturated carbocycles. The van der Waals surface area contributed by atoms with E-state index in [0.717, 1.165) is 30.6 Å². The Hall–Kier alpha value is -1.65. The predicted octanol–water partition coefficient (Wildman–Crippen LogP) is 2.61. The van der Waals surface area contributed by atoms with E-state index in [1.54, 1.807) is 0 Å². The molecule has 0 aromatic heterocycles. The maximum Gasteiger partial charge on any atom is 0.242 e. The van der Waals surface area contributed by atoms with Gasteiger partial charge in [0.15, 0.2) is 0 Å². The number of carbonyl (C=O) groups excluding carboxylic acids is 4. The summed E-state index contributed by atoms with van der Waals surface area (Å²) in [6.45, 7) is 14.4. The largest absolute Gasteiger partial charge is 0.375 e. The zero-order chi connectivity index (χ0) is 27.4. The van der Waals surface area contributed by atoms with Crippen molar-refractivity contribution < 1.29 is 23.9 Å². The number of hydrogen-bond acceptors (Lipinski definition) is 7. The summed E-state index contributed by atoms with van der Waals surface area (Å²) in [6.07, 6.45) is 4.76. The summed E-state index contributed by atoms with van der Waals surface area (Å²) in [5, 5.41) is 5.09. The Labute approximate surface area is 221 Å². The molecule has 1 saturated heterocycles. The molecule has 1 aliphatic rings. The molecule has 208 valence electrons. The van der Waals surface area contributed by atoms with Crippen molar-refractivity contribution in [2.75, 3.05) is 32.0 Å². The average molecular weight is 529 g/mol. The summed E-state index contributed by atoms with van der Waals surface area (Å²) in [5.74, 6) is -0.811. The highest BCUT2D eigenvalue weighted by Crippen LogP contribution is 2.26. The number of nitrogens with two attached hydrogens (primary N) is 1. The van der Waals surface area contributed by atoms with Crippen LogP contribution in [0.4, 0.5) is 0 Å². The fourth-order valence-corrected chi connectivity index (χ4v) is 4.66. The van der Waals surface area contributed by atoms with Crippen LogP contribution >= 0.6 is 11.8 Å². The molecule has 4 N–H and O–H groups in total. The maximum atomic E-state index is 12.7. The van der Waals surface area contributed by atoms with Gasteiger partial charge in [0.05, 0.1) is 16.9 Å². The Bertz CT molecular complexity index is 738. The van der Waals surface area contributed by atoms with E-state index in [-0.39, 0.29) is 59.8 Å². The number of rotatable bonds is 17. The third-order valence-electron chi connectivity index (χ3n) is 6.05. The topological polar surface area (TPSA) is 131 Å². The molecule has 2 atom stereocenters. The van der Waals surface area contributed by atoms with Crippen LogP contribution in [0.2, 0.25) is 0 Å². The first-order valence-corrected chi connectivity index (χ1v) is 14.2. The monoisotopic (exact) mass is 528 g/mol. The second-order valence-corrected chi connectivity index (χ2v) is 12.5. The Morgan fingerprint density at radius 1 is 1.11 bits per heavy atom. The molecule has 1 heterocycles. The molecule has 0 bridgehead atoms. The van der Waals surface area contributed by atoms with Crippen molar-refractivity contribution in [3.8, 4) is 0 Å². The minimum absolute atomic E-state index is 0.0516. The lowest BCUT2D eigenvalue weighted by Crippen LogP contribution is -2.43. The van der Waals surface area contributed by atoms with E-state index in [1.807, 2.05) is 13.8 Å². The van der Waals surface area contributed by atoms with Crippen LogP contribution in [0, 0.1) is 5.41 Å². The van der Waals surface area contributed by atoms with Crippen LogP contribution in [-0.2, 0) is 23.9 Å². The van der Waals surface area contributed by atoms with Gasteiger partial charge < -0.3 is 21.1 Å². The van der Waals surface area contributed by atoms with Gasteiger partial charge in [0.1, 0.15) is 0 Å². The summed E-state index contributed by atoms with van der Waals surface area (Å²) >= 11 is 1.23. The number of likely N-dealkylation sites (tertiary alicyclic amines) is 1. The van der Waals surface area contributed by atoms with Crippen LogP contribution in [0.25, 0.3) is 0 Å². The van der Waals surface area contributed by atoms with Gasteiger partial charge in [0.25, 0.3) is 0 Å². The molecule has 10 heteroatoms. The van der Waals surface area contributed by atoms with E-state index in [4.69, 9.17) is 10.5 Å². The number of amides is 4. The van der Waals surface area contributed by atoms with Crippen molar-refractivity contribution in [1.29, 1.82) is 0 Å². The summed E-state index contributed by atoms with van der Waals surface area (Å²) in [5.41, 5.74) is 5.80. The van der Waals surface area contributed by atoms with Crippen molar-refractivity contribution in [2.45, 2.75) is 103 Å². The summed E-state index contributed by atoms with van der Waals surface area (Å²) in [6, 6.07) is -0.735. The van der Waals surface area contributed by atoms with Crippen molar-refractivity contribution in [1.82, 2.24) is 15.5 Å². The first-order chi connectivity index (χ1) is 16.8. The smallest absolute Gasteiger partial charge is 0.242 e. The van der Waals surface area contributed by atoms with Crippen molar-refractivity contribution in [3.63, 3.8) is 0 Å². The summed E-state index contributed by atoms with van der Waals surface area (Å²) in [4.78, 5) is 50.5. The maximum absolute atomic E-state index is 12.7. The van der Waals surface area contributed by atoms with E-state index in [1.165, 1.54) is 11.8 Å². The average Bonchev–Trinajstić information content (AvgIpc) is 3.04. The molecule has 0 aromatic carbocycles. The summed E-state index contributed by atoms with van der Waals surface area (Å²) in [7, 11) is 0. The minimum Gasteiger partial charge on any atom is -0.375 e. The highest BCUT2D eigenvalue weighted by molar-refractivity contribution is 8.00. The van der Waals surface area contributed by atoms with Gasteiger partial charge >= 0.3 is 0 Å². The van der Waals surface area contributed by atoms with E-state index >= 15 is 0 Å². The number of nitrogens with one attached hydrogen (secondary N) is 2. The zero-order valence-corrected chi connectivity index (χ0v) is 23.9. The summed E-state index contributed by atoms with van der Waals surface area (Å²) < 4.78 is 5.97. The third-order valence-corrected chi connectivity index (χ3v) is 7.37. The third kappa shape index (κ3) is 13.1. The van der Waals surface area contributed by atoms with Crippen LogP contribution in [0.5, 0.6) is 0 Å². The fourth-order valence-electron chi connectivity index (χ4n) is 3.54. The molecular formula is C26H48N4O5S. The number of ether oxygens (including phenoxy) is 1. The molecule has 0 aromatic rings. The molecule has 0 radical (unpaired) electrons. The van der Waals surface area contributed by atoms with Gasteiger partial charge in [-0.2, -0.15) is 0 Å². The number of nitrogens with zero attached hydrogens (tertiary/aromatic N) is 1. The van der Waals surface area contributed by atoms with Gasteiger partial charge in [-0.15, -0.1) is 11.8 Å². The lowest BCUT2D eigenvalue weighted by atomic mass is 9.93. The molecule has 0 spiro atoms. The van der Waals surface area contributed by atoms with Crippen LogP contribution in [0.3, 0.4) is 0 Å². The normalized spacial score (nSPS) is 17.4.